The highest BCUT2D eigenvalue weighted by atomic mass is 16.6. The standard InChI is InChI=1S/C18H22N2O6/c1-4-9-19-16(22)11-6-8-13(21)20(11)17-10-5-7-12(24-2)15(25-3)14(10)18(23)26-17/h5,7,11,17H,4,6,8-9H2,1-3H3,(H,19,22)/t11-,17?/m0/s1. The summed E-state index contributed by atoms with van der Waals surface area (Å²) in [7, 11) is 2.90. The molecule has 8 nitrogen and oxygen atoms in total. The van der Waals surface area contributed by atoms with Crippen molar-refractivity contribution >= 4 is 17.8 Å². The molecule has 2 aliphatic heterocycles. The molecule has 0 saturated carbocycles. The Kier molecular flexibility index (Phi) is 5.01. The van der Waals surface area contributed by atoms with Crippen molar-refractivity contribution in [1.29, 1.82) is 0 Å². The summed E-state index contributed by atoms with van der Waals surface area (Å²) in [6, 6.07) is 2.66. The van der Waals surface area contributed by atoms with Crippen LogP contribution >= 0.6 is 0 Å². The third kappa shape index (κ3) is 2.85. The molecule has 1 fully saturated rings. The predicted octanol–water partition coefficient (Wildman–Crippen LogP) is 1.39. The van der Waals surface area contributed by atoms with Crippen LogP contribution in [0.25, 0.3) is 0 Å². The largest absolute Gasteiger partial charge is 0.493 e. The van der Waals surface area contributed by atoms with E-state index in [1.807, 2.05) is 6.92 Å². The van der Waals surface area contributed by atoms with Crippen molar-refractivity contribution in [3.8, 4) is 11.5 Å². The number of rotatable bonds is 6. The first-order valence-corrected chi connectivity index (χ1v) is 8.58. The van der Waals surface area contributed by atoms with Gasteiger partial charge in [-0.1, -0.05) is 6.92 Å². The van der Waals surface area contributed by atoms with Crippen molar-refractivity contribution in [2.24, 2.45) is 0 Å². The molecule has 0 aliphatic carbocycles. The molecule has 2 atom stereocenters. The van der Waals surface area contributed by atoms with Crippen molar-refractivity contribution in [2.45, 2.75) is 38.5 Å². The van der Waals surface area contributed by atoms with E-state index in [4.69, 9.17) is 14.2 Å². The van der Waals surface area contributed by atoms with Crippen molar-refractivity contribution < 1.29 is 28.6 Å². The quantitative estimate of drug-likeness (QED) is 0.769. The fourth-order valence-corrected chi connectivity index (χ4v) is 3.41. The molecule has 2 aliphatic rings. The van der Waals surface area contributed by atoms with Gasteiger partial charge >= 0.3 is 5.97 Å². The molecule has 140 valence electrons. The summed E-state index contributed by atoms with van der Waals surface area (Å²) in [6.07, 6.45) is 0.487. The number of nitrogens with zero attached hydrogens (tertiary/aromatic N) is 1. The maximum Gasteiger partial charge on any atom is 0.344 e. The number of fused-ring (bicyclic) bond motifs is 1. The van der Waals surface area contributed by atoms with E-state index < -0.39 is 18.2 Å². The molecule has 0 bridgehead atoms. The number of carbonyl (C=O) groups excluding carboxylic acids is 3. The fraction of sp³-hybridized carbons (Fsp3) is 0.500. The number of nitrogens with one attached hydrogen (secondary N) is 1. The number of cyclic esters (lactones) is 1. The van der Waals surface area contributed by atoms with Crippen LogP contribution in [0.5, 0.6) is 11.5 Å². The van der Waals surface area contributed by atoms with Gasteiger partial charge < -0.3 is 19.5 Å². The van der Waals surface area contributed by atoms with Crippen molar-refractivity contribution in [1.82, 2.24) is 10.2 Å². The Hall–Kier alpha value is -2.77. The second-order valence-corrected chi connectivity index (χ2v) is 6.17. The van der Waals surface area contributed by atoms with Crippen LogP contribution in [-0.2, 0) is 14.3 Å². The molecule has 0 radical (unpaired) electrons. The van der Waals surface area contributed by atoms with Crippen LogP contribution in [0.15, 0.2) is 12.1 Å². The van der Waals surface area contributed by atoms with Crippen molar-refractivity contribution in [3.05, 3.63) is 23.3 Å². The number of benzene rings is 1. The minimum absolute atomic E-state index is 0.220. The maximum absolute atomic E-state index is 12.4. The zero-order valence-corrected chi connectivity index (χ0v) is 15.0. The van der Waals surface area contributed by atoms with Gasteiger partial charge in [0.1, 0.15) is 11.6 Å². The summed E-state index contributed by atoms with van der Waals surface area (Å²) >= 11 is 0. The van der Waals surface area contributed by atoms with Gasteiger partial charge in [0, 0.05) is 18.5 Å². The molecule has 2 amide bonds. The van der Waals surface area contributed by atoms with E-state index in [0.717, 1.165) is 6.42 Å². The predicted molar refractivity (Wildman–Crippen MR) is 90.9 cm³/mol. The molecule has 1 unspecified atom stereocenters. The highest BCUT2D eigenvalue weighted by Gasteiger charge is 2.47. The van der Waals surface area contributed by atoms with Crippen LogP contribution in [0.1, 0.15) is 48.3 Å². The first kappa shape index (κ1) is 18.0. The molecule has 26 heavy (non-hydrogen) atoms. The van der Waals surface area contributed by atoms with Gasteiger partial charge in [0.15, 0.2) is 11.5 Å². The Balaban J connectivity index is 1.97. The van der Waals surface area contributed by atoms with Gasteiger partial charge in [-0.15, -0.1) is 0 Å². The number of esters is 1. The third-order valence-corrected chi connectivity index (χ3v) is 4.63. The van der Waals surface area contributed by atoms with Gasteiger partial charge in [0.2, 0.25) is 18.0 Å². The number of methoxy groups -OCH3 is 2. The van der Waals surface area contributed by atoms with Crippen molar-refractivity contribution in [2.75, 3.05) is 20.8 Å². The second kappa shape index (κ2) is 7.23. The monoisotopic (exact) mass is 362 g/mol. The van der Waals surface area contributed by atoms with Crippen LogP contribution in [0.3, 0.4) is 0 Å². The summed E-state index contributed by atoms with van der Waals surface area (Å²) in [5.41, 5.74) is 0.723. The molecule has 8 heteroatoms. The molecule has 1 aromatic rings. The van der Waals surface area contributed by atoms with Crippen LogP contribution < -0.4 is 14.8 Å². The third-order valence-electron chi connectivity index (χ3n) is 4.63. The van der Waals surface area contributed by atoms with Gasteiger partial charge in [-0.2, -0.15) is 0 Å². The average Bonchev–Trinajstić information content (AvgIpc) is 3.18. The topological polar surface area (TPSA) is 94.2 Å². The van der Waals surface area contributed by atoms with Gasteiger partial charge in [0.25, 0.3) is 0 Å². The lowest BCUT2D eigenvalue weighted by Gasteiger charge is -2.29. The van der Waals surface area contributed by atoms with Crippen LogP contribution in [0.2, 0.25) is 0 Å². The van der Waals surface area contributed by atoms with E-state index in [1.54, 1.807) is 12.1 Å². The van der Waals surface area contributed by atoms with E-state index in [-0.39, 0.29) is 29.5 Å². The normalized spacial score (nSPS) is 21.4. The van der Waals surface area contributed by atoms with Gasteiger partial charge in [0.05, 0.1) is 14.2 Å². The summed E-state index contributed by atoms with van der Waals surface area (Å²) in [4.78, 5) is 38.7. The van der Waals surface area contributed by atoms with E-state index in [2.05, 4.69) is 5.32 Å². The molecule has 2 heterocycles. The number of carbonyl (C=O) groups is 3. The molecule has 1 aromatic carbocycles. The summed E-state index contributed by atoms with van der Waals surface area (Å²) in [5, 5.41) is 2.81. The number of hydrogen-bond acceptors (Lipinski definition) is 6. The summed E-state index contributed by atoms with van der Waals surface area (Å²) < 4.78 is 16.0. The fourth-order valence-electron chi connectivity index (χ4n) is 3.41. The Morgan fingerprint density at radius 2 is 2.08 bits per heavy atom. The van der Waals surface area contributed by atoms with Gasteiger partial charge in [-0.05, 0) is 25.0 Å². The first-order valence-electron chi connectivity index (χ1n) is 8.58. The highest BCUT2D eigenvalue weighted by molar-refractivity contribution is 5.99. The molecule has 0 aromatic heterocycles. The Morgan fingerprint density at radius 1 is 1.31 bits per heavy atom. The summed E-state index contributed by atoms with van der Waals surface area (Å²) in [6.45, 7) is 2.48. The lowest BCUT2D eigenvalue weighted by molar-refractivity contribution is -0.145. The molecule has 0 spiro atoms. The minimum Gasteiger partial charge on any atom is -0.493 e. The average molecular weight is 362 g/mol. The van der Waals surface area contributed by atoms with Gasteiger partial charge in [-0.3, -0.25) is 14.5 Å². The van der Waals surface area contributed by atoms with E-state index >= 15 is 0 Å². The summed E-state index contributed by atoms with van der Waals surface area (Å²) in [5.74, 6) is -0.400. The Morgan fingerprint density at radius 3 is 2.73 bits per heavy atom. The number of amides is 2. The zero-order chi connectivity index (χ0) is 18.8. The smallest absolute Gasteiger partial charge is 0.344 e. The molecular weight excluding hydrogens is 340 g/mol. The zero-order valence-electron chi connectivity index (χ0n) is 15.0. The maximum atomic E-state index is 12.4. The van der Waals surface area contributed by atoms with Crippen LogP contribution in [-0.4, -0.2) is 49.5 Å². The lowest BCUT2D eigenvalue weighted by Crippen LogP contribution is -2.46. The Labute approximate surface area is 151 Å². The number of hydrogen-bond donors (Lipinski definition) is 1. The van der Waals surface area contributed by atoms with E-state index in [0.29, 0.717) is 24.3 Å². The van der Waals surface area contributed by atoms with Crippen LogP contribution in [0.4, 0.5) is 0 Å². The number of likely N-dealkylation sites (tertiary alicyclic amines) is 1. The highest BCUT2D eigenvalue weighted by Crippen LogP contribution is 2.45. The molecule has 3 rings (SSSR count). The van der Waals surface area contributed by atoms with Crippen LogP contribution in [0, 0.1) is 0 Å². The SMILES string of the molecule is CCCNC(=O)[C@@H]1CCC(=O)N1C1OC(=O)c2c1ccc(OC)c2OC. The second-order valence-electron chi connectivity index (χ2n) is 6.17. The van der Waals surface area contributed by atoms with E-state index in [1.165, 1.54) is 19.1 Å². The van der Waals surface area contributed by atoms with E-state index in [9.17, 15) is 14.4 Å². The molecule has 1 saturated heterocycles. The lowest BCUT2D eigenvalue weighted by atomic mass is 10.1. The van der Waals surface area contributed by atoms with Gasteiger partial charge in [-0.25, -0.2) is 4.79 Å². The first-order chi connectivity index (χ1) is 12.5. The minimum atomic E-state index is -0.940. The molecule has 1 N–H and O–H groups in total. The molecular formula is C18H22N2O6. The number of ether oxygens (including phenoxy) is 3. The van der Waals surface area contributed by atoms with Crippen molar-refractivity contribution in [3.63, 3.8) is 0 Å². The Bertz CT molecular complexity index is 747.